The normalized spacial score (nSPS) is 11.2. The second-order valence-electron chi connectivity index (χ2n) is 4.94. The van der Waals surface area contributed by atoms with E-state index in [4.69, 9.17) is 5.73 Å². The maximum Gasteiger partial charge on any atom is 0.223 e. The molecule has 4 rings (SSSR count). The fourth-order valence-corrected chi connectivity index (χ4v) is 3.32. The number of anilines is 2. The largest absolute Gasteiger partial charge is 0.383 e. The van der Waals surface area contributed by atoms with E-state index in [1.165, 1.54) is 24.6 Å². The lowest BCUT2D eigenvalue weighted by atomic mass is 10.1. The minimum Gasteiger partial charge on any atom is -0.383 e. The number of hydrogen-bond acceptors (Lipinski definition) is 7. The number of nitrogens with zero attached hydrogens (tertiary/aromatic N) is 4. The first-order valence-electron chi connectivity index (χ1n) is 6.75. The highest BCUT2D eigenvalue weighted by Crippen LogP contribution is 2.33. The van der Waals surface area contributed by atoms with Gasteiger partial charge in [-0.05, 0) is 12.1 Å². The molecule has 4 N–H and O–H groups in total. The van der Waals surface area contributed by atoms with Gasteiger partial charge in [0.25, 0.3) is 0 Å². The van der Waals surface area contributed by atoms with Gasteiger partial charge >= 0.3 is 0 Å². The molecule has 0 aliphatic heterocycles. The summed E-state index contributed by atoms with van der Waals surface area (Å²) < 4.78 is 0.949. The number of amides is 1. The third kappa shape index (κ3) is 2.27. The molecule has 0 unspecified atom stereocenters. The maximum atomic E-state index is 11.1. The lowest BCUT2D eigenvalue weighted by molar-refractivity contribution is -0.114. The molecule has 0 radical (unpaired) electrons. The van der Waals surface area contributed by atoms with E-state index < -0.39 is 0 Å². The average Bonchev–Trinajstić information content (AvgIpc) is 3.09. The molecule has 1 amide bonds. The number of carbonyl (C=O) groups excluding carboxylic acids is 1. The Morgan fingerprint density at radius 1 is 1.35 bits per heavy atom. The van der Waals surface area contributed by atoms with Crippen molar-refractivity contribution in [2.45, 2.75) is 6.92 Å². The summed E-state index contributed by atoms with van der Waals surface area (Å²) in [6, 6.07) is 5.77. The molecule has 114 valence electrons. The van der Waals surface area contributed by atoms with Gasteiger partial charge in [0, 0.05) is 12.5 Å². The first-order valence-corrected chi connectivity index (χ1v) is 7.56. The lowest BCUT2D eigenvalue weighted by Gasteiger charge is -2.00. The number of aromatic nitrogens is 5. The van der Waals surface area contributed by atoms with Crippen LogP contribution in [0.25, 0.3) is 32.5 Å². The summed E-state index contributed by atoms with van der Waals surface area (Å²) in [6.07, 6.45) is 1.38. The van der Waals surface area contributed by atoms with Gasteiger partial charge in [-0.25, -0.2) is 15.0 Å². The topological polar surface area (TPSA) is 122 Å². The highest BCUT2D eigenvalue weighted by atomic mass is 32.1. The van der Waals surface area contributed by atoms with Gasteiger partial charge in [-0.2, -0.15) is 5.10 Å². The summed E-state index contributed by atoms with van der Waals surface area (Å²) in [4.78, 5) is 23.6. The van der Waals surface area contributed by atoms with Crippen molar-refractivity contribution < 1.29 is 4.79 Å². The van der Waals surface area contributed by atoms with E-state index >= 15 is 0 Å². The number of nitrogens with one attached hydrogen (secondary N) is 2. The first-order chi connectivity index (χ1) is 11.1. The summed E-state index contributed by atoms with van der Waals surface area (Å²) >= 11 is 1.41. The zero-order valence-corrected chi connectivity index (χ0v) is 12.8. The van der Waals surface area contributed by atoms with Crippen LogP contribution in [0.2, 0.25) is 0 Å². The number of fused-ring (bicyclic) bond motifs is 2. The number of thiazole rings is 1. The fourth-order valence-electron chi connectivity index (χ4n) is 2.37. The van der Waals surface area contributed by atoms with Crippen molar-refractivity contribution in [1.29, 1.82) is 0 Å². The van der Waals surface area contributed by atoms with Gasteiger partial charge < -0.3 is 11.1 Å². The zero-order valence-electron chi connectivity index (χ0n) is 12.0. The molecule has 8 nitrogen and oxygen atoms in total. The molecule has 3 aromatic heterocycles. The second kappa shape index (κ2) is 4.99. The number of nitrogens with two attached hydrogens (primary N) is 1. The third-order valence-electron chi connectivity index (χ3n) is 3.34. The van der Waals surface area contributed by atoms with Crippen LogP contribution >= 0.6 is 11.3 Å². The number of hydrogen-bond donors (Lipinski definition) is 3. The Hall–Kier alpha value is -3.07. The summed E-state index contributed by atoms with van der Waals surface area (Å²) in [5.41, 5.74) is 8.94. The molecule has 3 heterocycles. The number of aromatic amines is 1. The molecule has 0 saturated carbocycles. The molecular weight excluding hydrogens is 314 g/mol. The number of carbonyl (C=O) groups is 1. The third-order valence-corrected chi connectivity index (χ3v) is 4.27. The van der Waals surface area contributed by atoms with Gasteiger partial charge in [-0.3, -0.25) is 9.89 Å². The minimum atomic E-state index is -0.145. The summed E-state index contributed by atoms with van der Waals surface area (Å²) in [6.45, 7) is 1.46. The summed E-state index contributed by atoms with van der Waals surface area (Å²) in [5.74, 6) is 0.232. The monoisotopic (exact) mass is 325 g/mol. The maximum absolute atomic E-state index is 11.1. The smallest absolute Gasteiger partial charge is 0.223 e. The molecule has 1 aromatic carbocycles. The van der Waals surface area contributed by atoms with Crippen LogP contribution in [0.3, 0.4) is 0 Å². The highest BCUT2D eigenvalue weighted by Gasteiger charge is 2.14. The van der Waals surface area contributed by atoms with Crippen LogP contribution in [-0.4, -0.2) is 31.1 Å². The van der Waals surface area contributed by atoms with Crippen LogP contribution in [0.5, 0.6) is 0 Å². The van der Waals surface area contributed by atoms with Crippen molar-refractivity contribution in [3.8, 4) is 11.3 Å². The van der Waals surface area contributed by atoms with Crippen molar-refractivity contribution in [3.63, 3.8) is 0 Å². The number of benzene rings is 1. The Morgan fingerprint density at radius 3 is 3.04 bits per heavy atom. The van der Waals surface area contributed by atoms with Crippen LogP contribution < -0.4 is 11.1 Å². The molecule has 0 bridgehead atoms. The van der Waals surface area contributed by atoms with Gasteiger partial charge in [0.15, 0.2) is 10.8 Å². The number of H-pyrrole nitrogens is 1. The van der Waals surface area contributed by atoms with E-state index in [2.05, 4.69) is 30.5 Å². The van der Waals surface area contributed by atoms with Gasteiger partial charge in [0.05, 0.1) is 21.3 Å². The first kappa shape index (κ1) is 13.6. The summed E-state index contributed by atoms with van der Waals surface area (Å²) in [5, 5.41) is 11.1. The van der Waals surface area contributed by atoms with Gasteiger partial charge in [-0.1, -0.05) is 17.4 Å². The van der Waals surface area contributed by atoms with Crippen LogP contribution in [0, 0.1) is 0 Å². The van der Waals surface area contributed by atoms with Gasteiger partial charge in [0.2, 0.25) is 5.91 Å². The van der Waals surface area contributed by atoms with E-state index in [1.54, 1.807) is 0 Å². The Kier molecular flexibility index (Phi) is 2.95. The molecule has 0 saturated heterocycles. The zero-order chi connectivity index (χ0) is 16.0. The quantitative estimate of drug-likeness (QED) is 0.519. The van der Waals surface area contributed by atoms with Crippen molar-refractivity contribution in [1.82, 2.24) is 25.1 Å². The van der Waals surface area contributed by atoms with E-state index in [9.17, 15) is 4.79 Å². The molecule has 9 heteroatoms. The van der Waals surface area contributed by atoms with E-state index in [0.717, 1.165) is 21.5 Å². The average molecular weight is 325 g/mol. The molecule has 23 heavy (non-hydrogen) atoms. The van der Waals surface area contributed by atoms with E-state index in [-0.39, 0.29) is 5.91 Å². The standard InChI is InChI=1S/C14H11N7OS/c1-6(22)18-14-19-8-3-2-7(4-9(8)23-14)11-10-12(15)16-5-17-13(10)21-20-11/h2-5H,1H3,(H,18,19,22)(H3,15,16,17,20,21). The van der Waals surface area contributed by atoms with Crippen LogP contribution in [0.4, 0.5) is 10.9 Å². The van der Waals surface area contributed by atoms with Gasteiger partial charge in [0.1, 0.15) is 12.1 Å². The predicted molar refractivity (Wildman–Crippen MR) is 89.0 cm³/mol. The second-order valence-corrected chi connectivity index (χ2v) is 5.97. The molecule has 0 atom stereocenters. The van der Waals surface area contributed by atoms with Crippen LogP contribution in [0.15, 0.2) is 24.5 Å². The molecule has 0 aliphatic carbocycles. The Morgan fingerprint density at radius 2 is 2.22 bits per heavy atom. The Balaban J connectivity index is 1.86. The highest BCUT2D eigenvalue weighted by molar-refractivity contribution is 7.22. The molecule has 4 aromatic rings. The van der Waals surface area contributed by atoms with Crippen molar-refractivity contribution in [3.05, 3.63) is 24.5 Å². The summed E-state index contributed by atoms with van der Waals surface area (Å²) in [7, 11) is 0. The van der Waals surface area contributed by atoms with E-state index in [0.29, 0.717) is 22.0 Å². The van der Waals surface area contributed by atoms with E-state index in [1.807, 2.05) is 18.2 Å². The predicted octanol–water partition coefficient (Wildman–Crippen LogP) is 2.17. The number of rotatable bonds is 2. The minimum absolute atomic E-state index is 0.145. The van der Waals surface area contributed by atoms with Crippen molar-refractivity contribution >= 4 is 49.4 Å². The van der Waals surface area contributed by atoms with Crippen LogP contribution in [0.1, 0.15) is 6.92 Å². The van der Waals surface area contributed by atoms with Crippen molar-refractivity contribution in [2.75, 3.05) is 11.1 Å². The molecule has 0 aliphatic rings. The van der Waals surface area contributed by atoms with Crippen LogP contribution in [-0.2, 0) is 4.79 Å². The Labute approximate surface area is 133 Å². The van der Waals surface area contributed by atoms with Crippen molar-refractivity contribution in [2.24, 2.45) is 0 Å². The molecule has 0 spiro atoms. The SMILES string of the molecule is CC(=O)Nc1nc2ccc(-c3[nH]nc4ncnc(N)c34)cc2s1. The number of nitrogen functional groups attached to an aromatic ring is 1. The Bertz CT molecular complexity index is 1050. The van der Waals surface area contributed by atoms with Gasteiger partial charge in [-0.15, -0.1) is 0 Å². The fraction of sp³-hybridized carbons (Fsp3) is 0.0714. The molecule has 0 fully saturated rings. The molecular formula is C14H11N7OS. The lowest BCUT2D eigenvalue weighted by Crippen LogP contribution is -2.04.